The van der Waals surface area contributed by atoms with Gasteiger partial charge in [0.1, 0.15) is 11.6 Å². The summed E-state index contributed by atoms with van der Waals surface area (Å²) in [5.74, 6) is -0.834. The average molecular weight is 349 g/mol. The van der Waals surface area contributed by atoms with Gasteiger partial charge in [-0.25, -0.2) is 8.78 Å². The second kappa shape index (κ2) is 6.69. The van der Waals surface area contributed by atoms with Crippen molar-refractivity contribution < 1.29 is 8.78 Å². The summed E-state index contributed by atoms with van der Waals surface area (Å²) in [5, 5.41) is 1.03. The first kappa shape index (κ1) is 16.0. The third-order valence-electron chi connectivity index (χ3n) is 3.62. The van der Waals surface area contributed by atoms with Crippen LogP contribution in [0.4, 0.5) is 8.78 Å². The molecule has 0 nitrogen and oxygen atoms in total. The Hall–Kier alpha value is -1.90. The van der Waals surface area contributed by atoms with Gasteiger partial charge >= 0.3 is 0 Å². The van der Waals surface area contributed by atoms with E-state index >= 15 is 0 Å². The molecule has 0 aromatic heterocycles. The summed E-state index contributed by atoms with van der Waals surface area (Å²) in [6.45, 7) is 0. The maximum atomic E-state index is 13.2. The van der Waals surface area contributed by atoms with E-state index in [4.69, 9.17) is 23.2 Å². The smallest absolute Gasteiger partial charge is 0.123 e. The zero-order valence-electron chi connectivity index (χ0n) is 11.9. The van der Waals surface area contributed by atoms with E-state index in [0.29, 0.717) is 10.0 Å². The van der Waals surface area contributed by atoms with E-state index in [1.807, 2.05) is 12.1 Å². The van der Waals surface area contributed by atoms with E-state index in [-0.39, 0.29) is 17.6 Å². The Labute approximate surface area is 143 Å². The summed E-state index contributed by atoms with van der Waals surface area (Å²) in [7, 11) is 0. The van der Waals surface area contributed by atoms with Gasteiger partial charge in [0.15, 0.2) is 0 Å². The zero-order valence-corrected chi connectivity index (χ0v) is 13.5. The minimum atomic E-state index is -0.310. The predicted octanol–water partition coefficient (Wildman–Crippen LogP) is 6.45. The molecule has 0 aliphatic heterocycles. The minimum Gasteiger partial charge on any atom is -0.207 e. The molecule has 3 aromatic rings. The summed E-state index contributed by atoms with van der Waals surface area (Å²) >= 11 is 12.2. The summed E-state index contributed by atoms with van der Waals surface area (Å²) < 4.78 is 26.5. The number of hydrogen-bond donors (Lipinski definition) is 0. The molecule has 0 fully saturated rings. The Morgan fingerprint density at radius 1 is 0.565 bits per heavy atom. The second-order valence-electron chi connectivity index (χ2n) is 5.24. The van der Waals surface area contributed by atoms with Crippen LogP contribution in [0.2, 0.25) is 10.0 Å². The first-order valence-corrected chi connectivity index (χ1v) is 7.75. The van der Waals surface area contributed by atoms with Gasteiger partial charge in [0, 0.05) is 16.0 Å². The third kappa shape index (κ3) is 3.72. The SMILES string of the molecule is Fc1ccc(C(c2ccc(F)cc2)c2cc(Cl)cc(Cl)c2)cc1. The lowest BCUT2D eigenvalue weighted by Crippen LogP contribution is -2.04. The van der Waals surface area contributed by atoms with Crippen LogP contribution in [0, 0.1) is 11.6 Å². The summed E-state index contributed by atoms with van der Waals surface area (Å²) in [6.07, 6.45) is 0. The Kier molecular flexibility index (Phi) is 4.65. The molecule has 0 saturated carbocycles. The van der Waals surface area contributed by atoms with Crippen LogP contribution in [0.1, 0.15) is 22.6 Å². The first-order valence-electron chi connectivity index (χ1n) is 7.00. The van der Waals surface area contributed by atoms with Gasteiger partial charge in [-0.15, -0.1) is 0 Å². The van der Waals surface area contributed by atoms with Crippen LogP contribution in [0.15, 0.2) is 66.7 Å². The van der Waals surface area contributed by atoms with Crippen LogP contribution < -0.4 is 0 Å². The number of rotatable bonds is 3. The maximum absolute atomic E-state index is 13.2. The summed E-state index contributed by atoms with van der Waals surface area (Å²) in [4.78, 5) is 0. The van der Waals surface area contributed by atoms with Gasteiger partial charge in [-0.05, 0) is 59.2 Å². The minimum absolute atomic E-state index is 0.215. The van der Waals surface area contributed by atoms with Crippen LogP contribution in [-0.2, 0) is 0 Å². The maximum Gasteiger partial charge on any atom is 0.123 e. The van der Waals surface area contributed by atoms with Gasteiger partial charge in [-0.2, -0.15) is 0 Å². The van der Waals surface area contributed by atoms with Crippen LogP contribution >= 0.6 is 23.2 Å². The van der Waals surface area contributed by atoms with Crippen LogP contribution in [-0.4, -0.2) is 0 Å². The predicted molar refractivity (Wildman–Crippen MR) is 90.2 cm³/mol. The lowest BCUT2D eigenvalue weighted by Gasteiger charge is -2.19. The van der Waals surface area contributed by atoms with Crippen molar-refractivity contribution in [2.45, 2.75) is 5.92 Å². The molecule has 23 heavy (non-hydrogen) atoms. The fourth-order valence-corrected chi connectivity index (χ4v) is 3.17. The van der Waals surface area contributed by atoms with E-state index in [2.05, 4.69) is 0 Å². The number of halogens is 4. The molecule has 3 rings (SSSR count). The molecule has 116 valence electrons. The molecular formula is C19H12Cl2F2. The Morgan fingerprint density at radius 3 is 1.35 bits per heavy atom. The third-order valence-corrected chi connectivity index (χ3v) is 4.06. The highest BCUT2D eigenvalue weighted by molar-refractivity contribution is 6.34. The Balaban J connectivity index is 2.16. The van der Waals surface area contributed by atoms with Gasteiger partial charge < -0.3 is 0 Å². The van der Waals surface area contributed by atoms with Crippen molar-refractivity contribution in [3.05, 3.63) is 105 Å². The monoisotopic (exact) mass is 348 g/mol. The fraction of sp³-hybridized carbons (Fsp3) is 0.0526. The first-order chi connectivity index (χ1) is 11.0. The molecular weight excluding hydrogens is 337 g/mol. The van der Waals surface area contributed by atoms with Gasteiger partial charge in [-0.1, -0.05) is 47.5 Å². The second-order valence-corrected chi connectivity index (χ2v) is 6.11. The van der Waals surface area contributed by atoms with Crippen molar-refractivity contribution in [2.75, 3.05) is 0 Å². The highest BCUT2D eigenvalue weighted by atomic mass is 35.5. The molecule has 0 heterocycles. The van der Waals surface area contributed by atoms with Crippen LogP contribution in [0.5, 0.6) is 0 Å². The van der Waals surface area contributed by atoms with Gasteiger partial charge in [0.25, 0.3) is 0 Å². The van der Waals surface area contributed by atoms with Gasteiger partial charge in [0.05, 0.1) is 0 Å². The molecule has 0 spiro atoms. The number of hydrogen-bond acceptors (Lipinski definition) is 0. The van der Waals surface area contributed by atoms with Crippen molar-refractivity contribution in [1.29, 1.82) is 0 Å². The van der Waals surface area contributed by atoms with E-state index in [1.54, 1.807) is 30.3 Å². The van der Waals surface area contributed by atoms with Gasteiger partial charge in [-0.3, -0.25) is 0 Å². The van der Waals surface area contributed by atoms with E-state index in [1.165, 1.54) is 24.3 Å². The fourth-order valence-electron chi connectivity index (χ4n) is 2.63. The molecule has 0 saturated heterocycles. The summed E-state index contributed by atoms with van der Waals surface area (Å²) in [5.41, 5.74) is 2.60. The molecule has 0 amide bonds. The highest BCUT2D eigenvalue weighted by Gasteiger charge is 2.18. The Morgan fingerprint density at radius 2 is 0.957 bits per heavy atom. The van der Waals surface area contributed by atoms with Crippen molar-refractivity contribution in [1.82, 2.24) is 0 Å². The molecule has 0 aliphatic carbocycles. The van der Waals surface area contributed by atoms with E-state index in [0.717, 1.165) is 16.7 Å². The lowest BCUT2D eigenvalue weighted by atomic mass is 9.85. The quantitative estimate of drug-likeness (QED) is 0.477. The normalized spacial score (nSPS) is 11.0. The largest absolute Gasteiger partial charge is 0.207 e. The van der Waals surface area contributed by atoms with Crippen molar-refractivity contribution in [3.8, 4) is 0 Å². The van der Waals surface area contributed by atoms with Crippen molar-refractivity contribution in [2.24, 2.45) is 0 Å². The molecule has 0 bridgehead atoms. The van der Waals surface area contributed by atoms with Crippen LogP contribution in [0.25, 0.3) is 0 Å². The molecule has 4 heteroatoms. The molecule has 0 aliphatic rings. The standard InChI is InChI=1S/C19H12Cl2F2/c20-15-9-14(10-16(21)11-15)19(12-1-5-17(22)6-2-12)13-3-7-18(23)8-4-13/h1-11,19H. The topological polar surface area (TPSA) is 0 Å². The van der Waals surface area contributed by atoms with Gasteiger partial charge in [0.2, 0.25) is 0 Å². The highest BCUT2D eigenvalue weighted by Crippen LogP contribution is 2.35. The molecule has 0 unspecified atom stereocenters. The lowest BCUT2D eigenvalue weighted by molar-refractivity contribution is 0.626. The van der Waals surface area contributed by atoms with E-state index < -0.39 is 0 Å². The van der Waals surface area contributed by atoms with Crippen molar-refractivity contribution >= 4 is 23.2 Å². The van der Waals surface area contributed by atoms with Crippen molar-refractivity contribution in [3.63, 3.8) is 0 Å². The van der Waals surface area contributed by atoms with E-state index in [9.17, 15) is 8.78 Å². The average Bonchev–Trinajstić information content (AvgIpc) is 2.50. The molecule has 0 N–H and O–H groups in total. The number of benzene rings is 3. The van der Waals surface area contributed by atoms with Crippen LogP contribution in [0.3, 0.4) is 0 Å². The zero-order chi connectivity index (χ0) is 16.4. The Bertz CT molecular complexity index is 746. The molecule has 3 aromatic carbocycles. The molecule has 0 atom stereocenters. The molecule has 0 radical (unpaired) electrons. The summed E-state index contributed by atoms with van der Waals surface area (Å²) in [6, 6.07) is 17.7.